The molecule has 0 unspecified atom stereocenters. The molecular weight excluding hydrogens is 402 g/mol. The number of phenols is 1. The summed E-state index contributed by atoms with van der Waals surface area (Å²) in [5.41, 5.74) is 1.58. The predicted molar refractivity (Wildman–Crippen MR) is 115 cm³/mol. The van der Waals surface area contributed by atoms with E-state index in [4.69, 9.17) is 0 Å². The summed E-state index contributed by atoms with van der Waals surface area (Å²) in [6.45, 7) is 3.45. The van der Waals surface area contributed by atoms with Gasteiger partial charge in [0.2, 0.25) is 0 Å². The van der Waals surface area contributed by atoms with Gasteiger partial charge in [-0.1, -0.05) is 6.07 Å². The molecule has 3 aromatic rings. The van der Waals surface area contributed by atoms with Gasteiger partial charge in [0.25, 0.3) is 6.43 Å². The molecule has 2 aromatic carbocycles. The minimum atomic E-state index is -2.67. The van der Waals surface area contributed by atoms with Crippen molar-refractivity contribution in [3.63, 3.8) is 0 Å². The fourth-order valence-corrected chi connectivity index (χ4v) is 4.09. The number of nitrogens with zero attached hydrogens (tertiary/aromatic N) is 3. The van der Waals surface area contributed by atoms with Gasteiger partial charge in [-0.05, 0) is 68.3 Å². The van der Waals surface area contributed by atoms with Gasteiger partial charge in [-0.15, -0.1) is 0 Å². The Bertz CT molecular complexity index is 1080. The Morgan fingerprint density at radius 1 is 1.10 bits per heavy atom. The lowest BCUT2D eigenvalue weighted by molar-refractivity contribution is -0.0202. The average Bonchev–Trinajstić information content (AvgIpc) is 2.75. The van der Waals surface area contributed by atoms with Crippen LogP contribution in [0.1, 0.15) is 48.9 Å². The smallest absolute Gasteiger partial charge is 0.263 e. The van der Waals surface area contributed by atoms with Crippen LogP contribution in [0.4, 0.5) is 14.5 Å². The highest BCUT2D eigenvalue weighted by Crippen LogP contribution is 2.36. The highest BCUT2D eigenvalue weighted by molar-refractivity contribution is 5.91. The van der Waals surface area contributed by atoms with Crippen molar-refractivity contribution in [1.29, 1.82) is 0 Å². The summed E-state index contributed by atoms with van der Waals surface area (Å²) in [5, 5.41) is 33.3. The van der Waals surface area contributed by atoms with E-state index in [1.165, 1.54) is 12.1 Å². The van der Waals surface area contributed by atoms with Crippen molar-refractivity contribution in [2.24, 2.45) is 0 Å². The Morgan fingerprint density at radius 3 is 2.52 bits per heavy atom. The SMILES string of the molecule is C[C@@H](Nc1cnnc2ccc(C3(O)CCN(C)CC3)cc12)c1cc(O)cc(C(F)F)c1. The van der Waals surface area contributed by atoms with Crippen LogP contribution in [0.2, 0.25) is 0 Å². The number of likely N-dealkylation sites (tertiary alicyclic amines) is 1. The summed E-state index contributed by atoms with van der Waals surface area (Å²) < 4.78 is 26.3. The molecule has 1 aliphatic heterocycles. The van der Waals surface area contributed by atoms with Gasteiger partial charge in [-0.25, -0.2) is 8.78 Å². The number of aromatic hydroxyl groups is 1. The number of aromatic nitrogens is 2. The molecule has 31 heavy (non-hydrogen) atoms. The second-order valence-corrected chi connectivity index (χ2v) is 8.35. The number of phenolic OH excluding ortho intramolecular Hbond substituents is 1. The van der Waals surface area contributed by atoms with Gasteiger partial charge < -0.3 is 20.4 Å². The van der Waals surface area contributed by atoms with Gasteiger partial charge >= 0.3 is 0 Å². The minimum Gasteiger partial charge on any atom is -0.508 e. The Morgan fingerprint density at radius 2 is 1.81 bits per heavy atom. The molecule has 1 aromatic heterocycles. The number of halogens is 2. The molecule has 0 radical (unpaired) electrons. The summed E-state index contributed by atoms with van der Waals surface area (Å²) in [6, 6.07) is 9.20. The van der Waals surface area contributed by atoms with E-state index in [0.717, 1.165) is 30.1 Å². The number of piperidine rings is 1. The quantitative estimate of drug-likeness (QED) is 0.560. The number of anilines is 1. The number of hydrogen-bond donors (Lipinski definition) is 3. The normalized spacial score (nSPS) is 17.7. The van der Waals surface area contributed by atoms with Crippen LogP contribution in [0.5, 0.6) is 5.75 Å². The maximum atomic E-state index is 13.1. The summed E-state index contributed by atoms with van der Waals surface area (Å²) in [7, 11) is 2.04. The van der Waals surface area contributed by atoms with Crippen LogP contribution >= 0.6 is 0 Å². The van der Waals surface area contributed by atoms with Crippen molar-refractivity contribution in [3.05, 3.63) is 59.3 Å². The second-order valence-electron chi connectivity index (χ2n) is 8.35. The molecule has 1 fully saturated rings. The number of nitrogens with one attached hydrogen (secondary N) is 1. The van der Waals surface area contributed by atoms with Crippen LogP contribution in [0, 0.1) is 0 Å². The first kappa shape index (κ1) is 21.4. The van der Waals surface area contributed by atoms with Gasteiger partial charge in [-0.3, -0.25) is 0 Å². The first-order valence-corrected chi connectivity index (χ1v) is 10.3. The van der Waals surface area contributed by atoms with Gasteiger partial charge in [0.1, 0.15) is 5.75 Å². The van der Waals surface area contributed by atoms with Crippen molar-refractivity contribution in [2.45, 2.75) is 37.8 Å². The van der Waals surface area contributed by atoms with Crippen LogP contribution < -0.4 is 5.32 Å². The van der Waals surface area contributed by atoms with Crippen LogP contribution in [0.15, 0.2) is 42.6 Å². The predicted octanol–water partition coefficient (Wildman–Crippen LogP) is 4.36. The standard InChI is InChI=1S/C23H26F2N4O2/c1-14(15-9-16(22(24)25)11-18(30)10-15)27-21-13-26-28-20-4-3-17(12-19(20)21)23(31)5-7-29(2)8-6-23/h3-4,9-14,22,30-31H,5-8H2,1-2H3,(H,27,28)/t14-/m1/s1. The van der Waals surface area contributed by atoms with Crippen molar-refractivity contribution in [3.8, 4) is 5.75 Å². The maximum Gasteiger partial charge on any atom is 0.263 e. The van der Waals surface area contributed by atoms with E-state index < -0.39 is 12.0 Å². The molecule has 3 N–H and O–H groups in total. The number of rotatable bonds is 5. The number of hydrogen-bond acceptors (Lipinski definition) is 6. The molecule has 1 atom stereocenters. The molecule has 4 rings (SSSR count). The van der Waals surface area contributed by atoms with E-state index >= 15 is 0 Å². The zero-order valence-corrected chi connectivity index (χ0v) is 17.5. The molecule has 164 valence electrons. The summed E-state index contributed by atoms with van der Waals surface area (Å²) in [4.78, 5) is 2.19. The zero-order valence-electron chi connectivity index (χ0n) is 17.5. The third-order valence-corrected chi connectivity index (χ3v) is 6.08. The lowest BCUT2D eigenvalue weighted by Gasteiger charge is -2.37. The van der Waals surface area contributed by atoms with Crippen LogP contribution in [0.25, 0.3) is 10.9 Å². The number of alkyl halides is 2. The Kier molecular flexibility index (Phi) is 5.77. The second kappa shape index (κ2) is 8.36. The van der Waals surface area contributed by atoms with E-state index in [0.29, 0.717) is 29.6 Å². The van der Waals surface area contributed by atoms with Crippen molar-refractivity contribution < 1.29 is 19.0 Å². The molecule has 0 amide bonds. The van der Waals surface area contributed by atoms with E-state index in [2.05, 4.69) is 20.4 Å². The van der Waals surface area contributed by atoms with E-state index in [9.17, 15) is 19.0 Å². The Hall–Kier alpha value is -2.84. The fraction of sp³-hybridized carbons (Fsp3) is 0.391. The zero-order chi connectivity index (χ0) is 22.2. The first-order chi connectivity index (χ1) is 14.7. The van der Waals surface area contributed by atoms with Crippen molar-refractivity contribution >= 4 is 16.6 Å². The maximum absolute atomic E-state index is 13.1. The van der Waals surface area contributed by atoms with Crippen LogP contribution in [-0.2, 0) is 5.60 Å². The monoisotopic (exact) mass is 428 g/mol. The topological polar surface area (TPSA) is 81.5 Å². The highest BCUT2D eigenvalue weighted by atomic mass is 19.3. The molecule has 1 aliphatic rings. The summed E-state index contributed by atoms with van der Waals surface area (Å²) in [6.07, 6.45) is 0.205. The van der Waals surface area contributed by atoms with E-state index in [-0.39, 0.29) is 17.4 Å². The van der Waals surface area contributed by atoms with Crippen molar-refractivity contribution in [2.75, 3.05) is 25.5 Å². The number of aliphatic hydroxyl groups is 1. The third-order valence-electron chi connectivity index (χ3n) is 6.08. The highest BCUT2D eigenvalue weighted by Gasteiger charge is 2.33. The molecular formula is C23H26F2N4O2. The average molecular weight is 428 g/mol. The number of benzene rings is 2. The molecule has 0 spiro atoms. The lowest BCUT2D eigenvalue weighted by Crippen LogP contribution is -2.40. The van der Waals surface area contributed by atoms with Gasteiger partial charge in [0.05, 0.1) is 23.0 Å². The Labute approximate surface area is 179 Å². The van der Waals surface area contributed by atoms with Crippen molar-refractivity contribution in [1.82, 2.24) is 15.1 Å². The van der Waals surface area contributed by atoms with E-state index in [1.54, 1.807) is 6.20 Å². The molecule has 1 saturated heterocycles. The fourth-order valence-electron chi connectivity index (χ4n) is 4.09. The van der Waals surface area contributed by atoms with Crippen LogP contribution in [0.3, 0.4) is 0 Å². The first-order valence-electron chi connectivity index (χ1n) is 10.3. The molecule has 2 heterocycles. The summed E-state index contributed by atoms with van der Waals surface area (Å²) in [5.74, 6) is -0.203. The third kappa shape index (κ3) is 4.45. The van der Waals surface area contributed by atoms with Crippen LogP contribution in [-0.4, -0.2) is 45.4 Å². The molecule has 8 heteroatoms. The van der Waals surface area contributed by atoms with Gasteiger partial charge in [0.15, 0.2) is 0 Å². The van der Waals surface area contributed by atoms with E-state index in [1.807, 2.05) is 32.2 Å². The minimum absolute atomic E-state index is 0.203. The molecule has 0 aliphatic carbocycles. The molecule has 0 bridgehead atoms. The molecule has 0 saturated carbocycles. The Balaban J connectivity index is 1.66. The number of fused-ring (bicyclic) bond motifs is 1. The summed E-state index contributed by atoms with van der Waals surface area (Å²) >= 11 is 0. The largest absolute Gasteiger partial charge is 0.508 e. The van der Waals surface area contributed by atoms with Gasteiger partial charge in [-0.2, -0.15) is 10.2 Å². The van der Waals surface area contributed by atoms with Gasteiger partial charge in [0, 0.05) is 30.1 Å². The lowest BCUT2D eigenvalue weighted by atomic mass is 9.84. The molecule has 6 nitrogen and oxygen atoms in total.